The van der Waals surface area contributed by atoms with Gasteiger partial charge in [0.1, 0.15) is 0 Å². The van der Waals surface area contributed by atoms with Crippen LogP contribution in [0.5, 0.6) is 0 Å². The Bertz CT molecular complexity index is 620. The molecule has 0 aromatic rings. The van der Waals surface area contributed by atoms with Crippen LogP contribution in [0.4, 0.5) is 0 Å². The monoisotopic (exact) mass is 530 g/mol. The summed E-state index contributed by atoms with van der Waals surface area (Å²) in [5.74, 6) is -0.378. The van der Waals surface area contributed by atoms with Gasteiger partial charge in [-0.25, -0.2) is 0 Å². The molecule has 0 aromatic heterocycles. The molecule has 204 valence electrons. The van der Waals surface area contributed by atoms with Gasteiger partial charge < -0.3 is 27.2 Å². The molecule has 0 saturated heterocycles. The highest BCUT2D eigenvalue weighted by atomic mass is 32.2. The van der Waals surface area contributed by atoms with E-state index in [4.69, 9.17) is 27.3 Å². The van der Waals surface area contributed by atoms with Crippen LogP contribution in [0.3, 0.4) is 0 Å². The maximum absolute atomic E-state index is 11.9. The molecule has 0 amide bonds. The van der Waals surface area contributed by atoms with Crippen molar-refractivity contribution in [1.82, 2.24) is 0 Å². The first-order valence-electron chi connectivity index (χ1n) is 12.1. The van der Waals surface area contributed by atoms with Crippen LogP contribution in [-0.4, -0.2) is 106 Å². The lowest BCUT2D eigenvalue weighted by molar-refractivity contribution is -0.890. The Morgan fingerprint density at radius 1 is 0.794 bits per heavy atom. The minimum absolute atomic E-state index is 0.180. The first-order chi connectivity index (χ1) is 16.0. The van der Waals surface area contributed by atoms with E-state index >= 15 is 0 Å². The summed E-state index contributed by atoms with van der Waals surface area (Å²) >= 11 is 0. The van der Waals surface area contributed by atoms with Crippen molar-refractivity contribution in [3.8, 4) is 0 Å². The van der Waals surface area contributed by atoms with Crippen molar-refractivity contribution in [3.63, 3.8) is 0 Å². The van der Waals surface area contributed by atoms with E-state index in [1.807, 2.05) is 0 Å². The van der Waals surface area contributed by atoms with Crippen molar-refractivity contribution in [2.75, 3.05) is 74.1 Å². The molecule has 0 bridgehead atoms. The third kappa shape index (κ3) is 18.7. The van der Waals surface area contributed by atoms with Gasteiger partial charge in [0.2, 0.25) is 0 Å². The SMILES string of the molecule is CO[Si](CCCCCOCCCCC(=O)OCCC[N+](C)(C)CCCCS(=O)(=O)O)(OC)OC. The molecule has 0 atom stereocenters. The van der Waals surface area contributed by atoms with E-state index in [-0.39, 0.29) is 11.7 Å². The summed E-state index contributed by atoms with van der Waals surface area (Å²) in [6.07, 6.45) is 6.85. The number of carbonyl (C=O) groups is 1. The van der Waals surface area contributed by atoms with Gasteiger partial charge >= 0.3 is 14.8 Å². The van der Waals surface area contributed by atoms with Gasteiger partial charge in [0.15, 0.2) is 0 Å². The number of unbranched alkanes of at least 4 members (excludes halogenated alkanes) is 4. The van der Waals surface area contributed by atoms with Crippen molar-refractivity contribution in [3.05, 3.63) is 0 Å². The summed E-state index contributed by atoms with van der Waals surface area (Å²) in [6, 6.07) is 0.798. The third-order valence-corrected chi connectivity index (χ3v) is 9.35. The number of quaternary nitrogens is 1. The average molecular weight is 531 g/mol. The molecule has 0 aliphatic carbocycles. The van der Waals surface area contributed by atoms with Crippen LogP contribution in [0.15, 0.2) is 0 Å². The van der Waals surface area contributed by atoms with Crippen LogP contribution < -0.4 is 0 Å². The first kappa shape index (κ1) is 33.4. The number of nitrogens with zero attached hydrogens (tertiary/aromatic N) is 1. The zero-order valence-corrected chi connectivity index (χ0v) is 23.7. The van der Waals surface area contributed by atoms with E-state index in [0.717, 1.165) is 57.7 Å². The maximum atomic E-state index is 11.9. The molecule has 0 aromatic carbocycles. The maximum Gasteiger partial charge on any atom is 0.500 e. The molecule has 0 radical (unpaired) electrons. The van der Waals surface area contributed by atoms with Gasteiger partial charge in [0.05, 0.1) is 39.5 Å². The van der Waals surface area contributed by atoms with Crippen LogP contribution >= 0.6 is 0 Å². The van der Waals surface area contributed by atoms with Crippen molar-refractivity contribution in [1.29, 1.82) is 0 Å². The quantitative estimate of drug-likeness (QED) is 0.0699. The molecule has 0 rings (SSSR count). The standard InChI is InChI=1S/C22H47NO9SSi/c1-23(2,15-8-11-20-33(25,26)27)16-13-19-32-22(24)14-7-10-18-31-17-9-6-12-21-34(28-3,29-4)30-5/h6-21H2,1-5H3/p+1. The molecular weight excluding hydrogens is 482 g/mol. The Hall–Kier alpha value is -0.603. The minimum Gasteiger partial charge on any atom is -0.465 e. The van der Waals surface area contributed by atoms with Gasteiger partial charge in [0.25, 0.3) is 10.1 Å². The fraction of sp³-hybridized carbons (Fsp3) is 0.955. The topological polar surface area (TPSA) is 118 Å². The predicted octanol–water partition coefficient (Wildman–Crippen LogP) is 2.90. The van der Waals surface area contributed by atoms with Gasteiger partial charge in [-0.3, -0.25) is 9.35 Å². The third-order valence-electron chi connectivity index (χ3n) is 5.71. The second-order valence-electron chi connectivity index (χ2n) is 9.13. The van der Waals surface area contributed by atoms with Crippen LogP contribution in [0.1, 0.15) is 57.8 Å². The lowest BCUT2D eigenvalue weighted by Gasteiger charge is -2.29. The summed E-state index contributed by atoms with van der Waals surface area (Å²) < 4.78 is 58.1. The average Bonchev–Trinajstić information content (AvgIpc) is 2.78. The van der Waals surface area contributed by atoms with Crippen LogP contribution in [0.2, 0.25) is 6.04 Å². The second-order valence-corrected chi connectivity index (χ2v) is 13.8. The molecule has 0 spiro atoms. The highest BCUT2D eigenvalue weighted by Crippen LogP contribution is 2.17. The molecule has 34 heavy (non-hydrogen) atoms. The Morgan fingerprint density at radius 2 is 1.38 bits per heavy atom. The Labute approximate surface area is 207 Å². The summed E-state index contributed by atoms with van der Waals surface area (Å²) in [7, 11) is 2.65. The smallest absolute Gasteiger partial charge is 0.465 e. The number of carbonyl (C=O) groups excluding carboxylic acids is 1. The van der Waals surface area contributed by atoms with Crippen molar-refractivity contribution >= 4 is 24.9 Å². The molecule has 1 N–H and O–H groups in total. The predicted molar refractivity (Wildman–Crippen MR) is 133 cm³/mol. The van der Waals surface area contributed by atoms with E-state index in [1.165, 1.54) is 0 Å². The minimum atomic E-state index is -3.88. The Balaban J connectivity index is 3.61. The number of esters is 1. The number of ether oxygens (including phenoxy) is 2. The zero-order chi connectivity index (χ0) is 25.9. The summed E-state index contributed by atoms with van der Waals surface area (Å²) in [4.78, 5) is 11.9. The normalized spacial score (nSPS) is 12.8. The van der Waals surface area contributed by atoms with Gasteiger partial charge in [-0.2, -0.15) is 8.42 Å². The van der Waals surface area contributed by atoms with Crippen molar-refractivity contribution in [2.45, 2.75) is 63.8 Å². The Kier molecular flexibility index (Phi) is 18.3. The van der Waals surface area contributed by atoms with Gasteiger partial charge in [0, 0.05) is 53.4 Å². The number of hydrogen-bond acceptors (Lipinski definition) is 8. The molecule has 0 aliphatic heterocycles. The van der Waals surface area contributed by atoms with Crippen molar-refractivity contribution < 1.29 is 45.0 Å². The molecular formula is C22H48NO9SSi+. The van der Waals surface area contributed by atoms with Gasteiger partial charge in [-0.15, -0.1) is 0 Å². The van der Waals surface area contributed by atoms with E-state index in [9.17, 15) is 13.2 Å². The van der Waals surface area contributed by atoms with Crippen LogP contribution in [-0.2, 0) is 37.7 Å². The van der Waals surface area contributed by atoms with Crippen LogP contribution in [0.25, 0.3) is 0 Å². The van der Waals surface area contributed by atoms with Crippen LogP contribution in [0, 0.1) is 0 Å². The molecule has 0 aliphatic rings. The first-order valence-corrected chi connectivity index (χ1v) is 15.7. The van der Waals surface area contributed by atoms with E-state index in [1.54, 1.807) is 21.3 Å². The summed E-state index contributed by atoms with van der Waals surface area (Å²) in [5.41, 5.74) is 0. The second kappa shape index (κ2) is 18.6. The molecule has 0 fully saturated rings. The molecule has 0 heterocycles. The fourth-order valence-electron chi connectivity index (χ4n) is 3.54. The number of rotatable bonds is 23. The van der Waals surface area contributed by atoms with Gasteiger partial charge in [-0.05, 0) is 38.5 Å². The van der Waals surface area contributed by atoms with E-state index in [2.05, 4.69) is 14.1 Å². The van der Waals surface area contributed by atoms with Gasteiger partial charge in [-0.1, -0.05) is 6.42 Å². The Morgan fingerprint density at radius 3 is 1.97 bits per heavy atom. The summed E-state index contributed by atoms with van der Waals surface area (Å²) in [5, 5.41) is 0. The largest absolute Gasteiger partial charge is 0.500 e. The summed E-state index contributed by atoms with van der Waals surface area (Å²) in [6.45, 7) is 3.37. The lowest BCUT2D eigenvalue weighted by atomic mass is 10.2. The highest BCUT2D eigenvalue weighted by Gasteiger charge is 2.36. The van der Waals surface area contributed by atoms with E-state index in [0.29, 0.717) is 43.6 Å². The molecule has 0 unspecified atom stereocenters. The highest BCUT2D eigenvalue weighted by molar-refractivity contribution is 7.85. The fourth-order valence-corrected chi connectivity index (χ4v) is 5.91. The molecule has 12 heteroatoms. The molecule has 0 saturated carbocycles. The lowest BCUT2D eigenvalue weighted by Crippen LogP contribution is -2.42. The van der Waals surface area contributed by atoms with E-state index < -0.39 is 18.9 Å². The zero-order valence-electron chi connectivity index (χ0n) is 21.9. The van der Waals surface area contributed by atoms with Crippen molar-refractivity contribution in [2.24, 2.45) is 0 Å². The number of hydrogen-bond donors (Lipinski definition) is 1. The molecule has 10 nitrogen and oxygen atoms in total.